The molecule has 8 heteroatoms. The minimum absolute atomic E-state index is 0.108. The lowest BCUT2D eigenvalue weighted by molar-refractivity contribution is -0.120. The zero-order valence-electron chi connectivity index (χ0n) is 18.7. The lowest BCUT2D eigenvalue weighted by Crippen LogP contribution is -2.55. The van der Waals surface area contributed by atoms with Gasteiger partial charge in [0, 0.05) is 37.3 Å². The Morgan fingerprint density at radius 3 is 2.72 bits per heavy atom. The summed E-state index contributed by atoms with van der Waals surface area (Å²) < 4.78 is 1.94. The molecule has 2 amide bonds. The molecule has 32 heavy (non-hydrogen) atoms. The number of likely N-dealkylation sites (N-methyl/N-ethyl adjacent to an activating group) is 1. The van der Waals surface area contributed by atoms with E-state index < -0.39 is 0 Å². The van der Waals surface area contributed by atoms with Crippen molar-refractivity contribution in [2.45, 2.75) is 51.1 Å². The Morgan fingerprint density at radius 1 is 1.22 bits per heavy atom. The Kier molecular flexibility index (Phi) is 5.07. The third-order valence-corrected chi connectivity index (χ3v) is 6.79. The topological polar surface area (TPSA) is 83.4 Å². The predicted molar refractivity (Wildman–Crippen MR) is 124 cm³/mol. The molecule has 1 aliphatic heterocycles. The summed E-state index contributed by atoms with van der Waals surface area (Å²) in [4.78, 5) is 38.6. The van der Waals surface area contributed by atoms with Crippen molar-refractivity contribution >= 4 is 34.2 Å². The van der Waals surface area contributed by atoms with E-state index in [1.54, 1.807) is 24.2 Å². The van der Waals surface area contributed by atoms with Crippen LogP contribution in [0.2, 0.25) is 0 Å². The first kappa shape index (κ1) is 20.5. The van der Waals surface area contributed by atoms with Crippen molar-refractivity contribution in [2.75, 3.05) is 23.9 Å². The zero-order chi connectivity index (χ0) is 22.4. The van der Waals surface area contributed by atoms with Crippen LogP contribution in [0.3, 0.4) is 0 Å². The summed E-state index contributed by atoms with van der Waals surface area (Å²) in [5.74, 6) is 1.39. The molecule has 1 aliphatic carbocycles. The monoisotopic (exact) mass is 432 g/mol. The summed E-state index contributed by atoms with van der Waals surface area (Å²) in [7, 11) is 3.43. The van der Waals surface area contributed by atoms with Crippen LogP contribution in [0.4, 0.5) is 11.5 Å². The van der Waals surface area contributed by atoms with Crippen molar-refractivity contribution in [3.63, 3.8) is 0 Å². The van der Waals surface area contributed by atoms with Crippen LogP contribution < -0.4 is 15.1 Å². The van der Waals surface area contributed by atoms with E-state index in [1.807, 2.05) is 36.0 Å². The highest BCUT2D eigenvalue weighted by Crippen LogP contribution is 2.39. The molecule has 1 fully saturated rings. The van der Waals surface area contributed by atoms with E-state index in [1.165, 1.54) is 12.8 Å². The van der Waals surface area contributed by atoms with Gasteiger partial charge in [0.1, 0.15) is 11.7 Å². The number of nitrogens with zero attached hydrogens (tertiary/aromatic N) is 5. The highest BCUT2D eigenvalue weighted by atomic mass is 16.2. The van der Waals surface area contributed by atoms with Crippen LogP contribution in [0.15, 0.2) is 36.7 Å². The summed E-state index contributed by atoms with van der Waals surface area (Å²) in [6.07, 6.45) is 8.97. The molecule has 1 N–H and O–H groups in total. The summed E-state index contributed by atoms with van der Waals surface area (Å²) >= 11 is 0. The number of hydrogen-bond donors (Lipinski definition) is 1. The van der Waals surface area contributed by atoms with Gasteiger partial charge in [0.05, 0.1) is 11.7 Å². The van der Waals surface area contributed by atoms with Gasteiger partial charge in [0.2, 0.25) is 11.9 Å². The van der Waals surface area contributed by atoms with E-state index in [9.17, 15) is 9.59 Å². The Labute approximate surface area is 187 Å². The van der Waals surface area contributed by atoms with E-state index in [-0.39, 0.29) is 17.9 Å². The number of fused-ring (bicyclic) bond motifs is 2. The van der Waals surface area contributed by atoms with E-state index in [0.29, 0.717) is 17.6 Å². The molecule has 5 rings (SSSR count). The van der Waals surface area contributed by atoms with Crippen LogP contribution in [0.5, 0.6) is 0 Å². The fourth-order valence-electron chi connectivity index (χ4n) is 5.09. The molecule has 2 aliphatic rings. The van der Waals surface area contributed by atoms with Gasteiger partial charge in [-0.05, 0) is 43.5 Å². The third kappa shape index (κ3) is 3.13. The number of rotatable bonds is 4. The number of anilines is 2. The van der Waals surface area contributed by atoms with Crippen molar-refractivity contribution in [2.24, 2.45) is 0 Å². The number of amides is 2. The second-order valence-electron chi connectivity index (χ2n) is 8.58. The number of carbonyl (C=O) groups is 2. The Morgan fingerprint density at radius 2 is 2.00 bits per heavy atom. The SMILES string of the molecule is CC[C@@H]1C(=O)N(C)c2cnc(-n3ccc4cc(C(=O)NC)ccc43)nc2N1C1CCCC1. The fourth-order valence-corrected chi connectivity index (χ4v) is 5.09. The average Bonchev–Trinajstić information content (AvgIpc) is 3.50. The molecule has 0 saturated heterocycles. The first-order chi connectivity index (χ1) is 15.5. The van der Waals surface area contributed by atoms with Gasteiger partial charge in [-0.3, -0.25) is 14.2 Å². The Hall–Kier alpha value is -3.42. The van der Waals surface area contributed by atoms with Gasteiger partial charge in [0.25, 0.3) is 5.91 Å². The third-order valence-electron chi connectivity index (χ3n) is 6.79. The molecule has 0 radical (unpaired) electrons. The van der Waals surface area contributed by atoms with Crippen LogP contribution in [0.1, 0.15) is 49.4 Å². The molecule has 0 unspecified atom stereocenters. The lowest BCUT2D eigenvalue weighted by Gasteiger charge is -2.43. The van der Waals surface area contributed by atoms with Crippen molar-refractivity contribution in [3.8, 4) is 5.95 Å². The normalized spacial score (nSPS) is 19.0. The van der Waals surface area contributed by atoms with Gasteiger partial charge < -0.3 is 15.1 Å². The van der Waals surface area contributed by atoms with Crippen molar-refractivity contribution < 1.29 is 9.59 Å². The van der Waals surface area contributed by atoms with E-state index in [4.69, 9.17) is 4.98 Å². The second-order valence-corrected chi connectivity index (χ2v) is 8.58. The molecule has 3 aromatic rings. The highest BCUT2D eigenvalue weighted by molar-refractivity contribution is 6.04. The van der Waals surface area contributed by atoms with Gasteiger partial charge in [-0.25, -0.2) is 4.98 Å². The maximum Gasteiger partial charge on any atom is 0.251 e. The molecule has 0 bridgehead atoms. The van der Waals surface area contributed by atoms with Crippen LogP contribution >= 0.6 is 0 Å². The molecule has 1 saturated carbocycles. The lowest BCUT2D eigenvalue weighted by atomic mass is 10.0. The number of hydrogen-bond acceptors (Lipinski definition) is 5. The number of aromatic nitrogens is 3. The summed E-state index contributed by atoms with van der Waals surface area (Å²) in [5.41, 5.74) is 2.30. The number of benzene rings is 1. The fraction of sp³-hybridized carbons (Fsp3) is 0.417. The van der Waals surface area contributed by atoms with Gasteiger partial charge in [-0.1, -0.05) is 19.8 Å². The van der Waals surface area contributed by atoms with Crippen molar-refractivity contribution in [1.82, 2.24) is 19.9 Å². The molecule has 1 atom stereocenters. The van der Waals surface area contributed by atoms with Crippen LogP contribution in [0.25, 0.3) is 16.9 Å². The van der Waals surface area contributed by atoms with Crippen LogP contribution in [-0.2, 0) is 4.79 Å². The van der Waals surface area contributed by atoms with Crippen molar-refractivity contribution in [1.29, 1.82) is 0 Å². The Bertz CT molecular complexity index is 1200. The van der Waals surface area contributed by atoms with E-state index in [2.05, 4.69) is 22.1 Å². The smallest absolute Gasteiger partial charge is 0.251 e. The summed E-state index contributed by atoms with van der Waals surface area (Å²) in [5, 5.41) is 3.60. The molecule has 1 aromatic carbocycles. The van der Waals surface area contributed by atoms with Crippen LogP contribution in [0, 0.1) is 0 Å². The van der Waals surface area contributed by atoms with Crippen LogP contribution in [-0.4, -0.2) is 52.5 Å². The minimum Gasteiger partial charge on any atom is -0.355 e. The van der Waals surface area contributed by atoms with Gasteiger partial charge in [-0.2, -0.15) is 4.98 Å². The van der Waals surface area contributed by atoms with Crippen molar-refractivity contribution in [3.05, 3.63) is 42.2 Å². The highest BCUT2D eigenvalue weighted by Gasteiger charge is 2.41. The quantitative estimate of drug-likeness (QED) is 0.684. The van der Waals surface area contributed by atoms with Gasteiger partial charge in [-0.15, -0.1) is 0 Å². The number of nitrogens with one attached hydrogen (secondary N) is 1. The molecule has 166 valence electrons. The van der Waals surface area contributed by atoms with E-state index >= 15 is 0 Å². The summed E-state index contributed by atoms with van der Waals surface area (Å²) in [6.45, 7) is 2.06. The number of carbonyl (C=O) groups excluding carboxylic acids is 2. The maximum atomic E-state index is 13.1. The molecule has 8 nitrogen and oxygen atoms in total. The maximum absolute atomic E-state index is 13.1. The molecule has 0 spiro atoms. The van der Waals surface area contributed by atoms with Gasteiger partial charge >= 0.3 is 0 Å². The largest absolute Gasteiger partial charge is 0.355 e. The van der Waals surface area contributed by atoms with E-state index in [0.717, 1.165) is 41.7 Å². The average molecular weight is 433 g/mol. The minimum atomic E-state index is -0.199. The second kappa shape index (κ2) is 7.93. The molecular formula is C24H28N6O2. The molecular weight excluding hydrogens is 404 g/mol. The van der Waals surface area contributed by atoms with Gasteiger partial charge in [0.15, 0.2) is 5.82 Å². The predicted octanol–water partition coefficient (Wildman–Crippen LogP) is 3.28. The Balaban J connectivity index is 1.61. The molecule has 3 heterocycles. The summed E-state index contributed by atoms with van der Waals surface area (Å²) in [6, 6.07) is 7.69. The standard InChI is InChI=1S/C24H28N6O2/c1-4-18-23(32)28(3)20-14-26-24(27-21(20)30(18)17-7-5-6-8-17)29-12-11-15-13-16(22(31)25-2)9-10-19(15)29/h9-14,17-18H,4-8H2,1-3H3,(H,25,31)/t18-/m1/s1. The first-order valence-corrected chi connectivity index (χ1v) is 11.3. The first-order valence-electron chi connectivity index (χ1n) is 11.3. The molecule has 2 aromatic heterocycles. The zero-order valence-corrected chi connectivity index (χ0v) is 18.7.